The summed E-state index contributed by atoms with van der Waals surface area (Å²) in [4.78, 5) is 0. The molecule has 1 rings (SSSR count). The van der Waals surface area contributed by atoms with Gasteiger partial charge in [-0.2, -0.15) is 5.10 Å². The van der Waals surface area contributed by atoms with Crippen molar-refractivity contribution in [1.82, 2.24) is 15.5 Å². The average Bonchev–Trinajstić information content (AvgIpc) is 2.14. The van der Waals surface area contributed by atoms with Crippen molar-refractivity contribution in [2.75, 3.05) is 5.32 Å². The van der Waals surface area contributed by atoms with Crippen LogP contribution in [0.2, 0.25) is 0 Å². The Hall–Kier alpha value is -1.16. The maximum Gasteiger partial charge on any atom is 0.149 e. The minimum absolute atomic E-state index is 0.0202. The Morgan fingerprint density at radius 1 is 1.19 bits per heavy atom. The largest absolute Gasteiger partial charge is 0.364 e. The van der Waals surface area contributed by atoms with E-state index in [1.807, 2.05) is 12.1 Å². The van der Waals surface area contributed by atoms with E-state index in [0.717, 1.165) is 18.1 Å². The lowest BCUT2D eigenvalue weighted by atomic mass is 10.1. The van der Waals surface area contributed by atoms with Crippen LogP contribution in [-0.2, 0) is 6.54 Å². The van der Waals surface area contributed by atoms with Crippen molar-refractivity contribution in [2.24, 2.45) is 0 Å². The molecule has 0 spiro atoms. The van der Waals surface area contributed by atoms with Crippen molar-refractivity contribution in [3.05, 3.63) is 17.8 Å². The SMILES string of the molecule is CC(C)NCc1ccc(NC(C)(C)C)nn1. The third kappa shape index (κ3) is 5.07. The Labute approximate surface area is 97.9 Å². The van der Waals surface area contributed by atoms with Crippen LogP contribution in [0.4, 0.5) is 5.82 Å². The zero-order valence-electron chi connectivity index (χ0n) is 10.8. The zero-order chi connectivity index (χ0) is 12.2. The summed E-state index contributed by atoms with van der Waals surface area (Å²) in [5.74, 6) is 0.820. The maximum atomic E-state index is 4.16. The van der Waals surface area contributed by atoms with Gasteiger partial charge in [-0.1, -0.05) is 13.8 Å². The van der Waals surface area contributed by atoms with Crippen molar-refractivity contribution >= 4 is 5.82 Å². The summed E-state index contributed by atoms with van der Waals surface area (Å²) in [5, 5.41) is 14.9. The lowest BCUT2D eigenvalue weighted by Gasteiger charge is -2.20. The first-order chi connectivity index (χ1) is 7.37. The van der Waals surface area contributed by atoms with Gasteiger partial charge < -0.3 is 10.6 Å². The second kappa shape index (κ2) is 5.25. The van der Waals surface area contributed by atoms with E-state index in [9.17, 15) is 0 Å². The summed E-state index contributed by atoms with van der Waals surface area (Å²) in [6.45, 7) is 11.3. The highest BCUT2D eigenvalue weighted by atomic mass is 15.2. The van der Waals surface area contributed by atoms with E-state index in [4.69, 9.17) is 0 Å². The number of anilines is 1. The Kier molecular flexibility index (Phi) is 4.24. The van der Waals surface area contributed by atoms with Gasteiger partial charge in [0.05, 0.1) is 5.69 Å². The Morgan fingerprint density at radius 2 is 1.88 bits per heavy atom. The second-order valence-corrected chi connectivity index (χ2v) is 5.32. The number of nitrogens with zero attached hydrogens (tertiary/aromatic N) is 2. The fourth-order valence-corrected chi connectivity index (χ4v) is 1.21. The molecule has 90 valence electrons. The summed E-state index contributed by atoms with van der Waals surface area (Å²) in [7, 11) is 0. The number of aromatic nitrogens is 2. The molecule has 0 aliphatic carbocycles. The minimum Gasteiger partial charge on any atom is -0.364 e. The predicted octanol–water partition coefficient (Wildman–Crippen LogP) is 2.18. The Bertz CT molecular complexity index is 311. The van der Waals surface area contributed by atoms with Crippen LogP contribution in [0.3, 0.4) is 0 Å². The summed E-state index contributed by atoms with van der Waals surface area (Å²) in [5.41, 5.74) is 0.986. The Balaban J connectivity index is 2.54. The smallest absolute Gasteiger partial charge is 0.149 e. The van der Waals surface area contributed by atoms with E-state index in [1.165, 1.54) is 0 Å². The maximum absolute atomic E-state index is 4.16. The lowest BCUT2D eigenvalue weighted by Crippen LogP contribution is -2.27. The third-order valence-corrected chi connectivity index (χ3v) is 1.91. The monoisotopic (exact) mass is 222 g/mol. The zero-order valence-corrected chi connectivity index (χ0v) is 10.8. The molecule has 0 saturated carbocycles. The van der Waals surface area contributed by atoms with E-state index in [-0.39, 0.29) is 5.54 Å². The topological polar surface area (TPSA) is 49.8 Å². The third-order valence-electron chi connectivity index (χ3n) is 1.91. The number of rotatable bonds is 4. The molecule has 0 aromatic carbocycles. The number of hydrogen-bond acceptors (Lipinski definition) is 4. The van der Waals surface area contributed by atoms with Gasteiger partial charge in [-0.3, -0.25) is 0 Å². The van der Waals surface area contributed by atoms with Crippen molar-refractivity contribution in [2.45, 2.75) is 52.7 Å². The second-order valence-electron chi connectivity index (χ2n) is 5.32. The van der Waals surface area contributed by atoms with Crippen LogP contribution in [0.25, 0.3) is 0 Å². The highest BCUT2D eigenvalue weighted by molar-refractivity contribution is 5.35. The summed E-state index contributed by atoms with van der Waals surface area (Å²) in [6, 6.07) is 4.43. The van der Waals surface area contributed by atoms with Gasteiger partial charge in [-0.25, -0.2) is 0 Å². The molecule has 0 saturated heterocycles. The quantitative estimate of drug-likeness (QED) is 0.820. The van der Waals surface area contributed by atoms with Crippen molar-refractivity contribution in [3.63, 3.8) is 0 Å². The van der Waals surface area contributed by atoms with Gasteiger partial charge in [0.25, 0.3) is 0 Å². The van der Waals surface area contributed by atoms with Gasteiger partial charge in [-0.05, 0) is 32.9 Å². The van der Waals surface area contributed by atoms with Crippen LogP contribution < -0.4 is 10.6 Å². The molecule has 0 aliphatic rings. The fourth-order valence-electron chi connectivity index (χ4n) is 1.21. The van der Waals surface area contributed by atoms with Crippen molar-refractivity contribution in [3.8, 4) is 0 Å². The van der Waals surface area contributed by atoms with E-state index < -0.39 is 0 Å². The summed E-state index contributed by atoms with van der Waals surface area (Å²) in [6.07, 6.45) is 0. The van der Waals surface area contributed by atoms with Gasteiger partial charge in [0.2, 0.25) is 0 Å². The predicted molar refractivity (Wildman–Crippen MR) is 67.4 cm³/mol. The van der Waals surface area contributed by atoms with E-state index in [1.54, 1.807) is 0 Å². The summed E-state index contributed by atoms with van der Waals surface area (Å²) < 4.78 is 0. The Morgan fingerprint density at radius 3 is 2.31 bits per heavy atom. The van der Waals surface area contributed by atoms with Gasteiger partial charge in [0.1, 0.15) is 5.82 Å². The highest BCUT2D eigenvalue weighted by Crippen LogP contribution is 2.10. The van der Waals surface area contributed by atoms with Crippen LogP contribution in [0.5, 0.6) is 0 Å². The van der Waals surface area contributed by atoms with Crippen LogP contribution in [-0.4, -0.2) is 21.8 Å². The first kappa shape index (κ1) is 12.9. The van der Waals surface area contributed by atoms with E-state index in [2.05, 4.69) is 55.4 Å². The van der Waals surface area contributed by atoms with Gasteiger partial charge >= 0.3 is 0 Å². The van der Waals surface area contributed by atoms with E-state index >= 15 is 0 Å². The minimum atomic E-state index is 0.0202. The van der Waals surface area contributed by atoms with E-state index in [0.29, 0.717) is 6.04 Å². The van der Waals surface area contributed by atoms with Gasteiger partial charge in [-0.15, -0.1) is 5.10 Å². The fraction of sp³-hybridized carbons (Fsp3) is 0.667. The van der Waals surface area contributed by atoms with Crippen LogP contribution in [0, 0.1) is 0 Å². The van der Waals surface area contributed by atoms with Gasteiger partial charge in [0, 0.05) is 18.1 Å². The lowest BCUT2D eigenvalue weighted by molar-refractivity contribution is 0.576. The molecule has 4 nitrogen and oxygen atoms in total. The molecule has 0 radical (unpaired) electrons. The molecule has 0 aliphatic heterocycles. The number of hydrogen-bond donors (Lipinski definition) is 2. The molecule has 2 N–H and O–H groups in total. The molecule has 0 amide bonds. The molecule has 16 heavy (non-hydrogen) atoms. The summed E-state index contributed by atoms with van der Waals surface area (Å²) >= 11 is 0. The normalized spacial score (nSPS) is 11.9. The molecular weight excluding hydrogens is 200 g/mol. The standard InChI is InChI=1S/C12H22N4/c1-9(2)13-8-10-6-7-11(16-15-10)14-12(3,4)5/h6-7,9,13H,8H2,1-5H3,(H,14,16). The van der Waals surface area contributed by atoms with Crippen LogP contribution >= 0.6 is 0 Å². The first-order valence-corrected chi connectivity index (χ1v) is 5.71. The van der Waals surface area contributed by atoms with Gasteiger partial charge in [0.15, 0.2) is 0 Å². The van der Waals surface area contributed by atoms with Crippen LogP contribution in [0.15, 0.2) is 12.1 Å². The first-order valence-electron chi connectivity index (χ1n) is 5.71. The molecule has 1 aromatic heterocycles. The highest BCUT2D eigenvalue weighted by Gasteiger charge is 2.10. The molecular formula is C12H22N4. The molecule has 0 unspecified atom stereocenters. The van der Waals surface area contributed by atoms with Crippen molar-refractivity contribution in [1.29, 1.82) is 0 Å². The number of nitrogens with one attached hydrogen (secondary N) is 2. The molecule has 4 heteroatoms. The van der Waals surface area contributed by atoms with Crippen LogP contribution in [0.1, 0.15) is 40.3 Å². The average molecular weight is 222 g/mol. The molecule has 0 fully saturated rings. The van der Waals surface area contributed by atoms with Crippen molar-refractivity contribution < 1.29 is 0 Å². The molecule has 0 bridgehead atoms. The molecule has 1 heterocycles. The molecule has 1 aromatic rings. The molecule has 0 atom stereocenters.